The molecule has 1 aliphatic carbocycles. The van der Waals surface area contributed by atoms with E-state index in [2.05, 4.69) is 33.8 Å². The van der Waals surface area contributed by atoms with Crippen LogP contribution in [0, 0.1) is 12.0 Å². The molecule has 246 valence electrons. The third kappa shape index (κ3) is 9.63. The first-order chi connectivity index (χ1) is 23.0. The Labute approximate surface area is 300 Å². The van der Waals surface area contributed by atoms with E-state index in [1.165, 1.54) is 16.7 Å². The third-order valence-corrected chi connectivity index (χ3v) is 8.30. The van der Waals surface area contributed by atoms with Gasteiger partial charge in [0.2, 0.25) is 0 Å². The second kappa shape index (κ2) is 17.7. The van der Waals surface area contributed by atoms with E-state index in [1.54, 1.807) is 36.4 Å². The van der Waals surface area contributed by atoms with Crippen LogP contribution in [0.2, 0.25) is 0 Å². The molecule has 0 aromatic heterocycles. The summed E-state index contributed by atoms with van der Waals surface area (Å²) in [5.41, 5.74) is 5.32. The summed E-state index contributed by atoms with van der Waals surface area (Å²) in [5, 5.41) is 31.9. The van der Waals surface area contributed by atoms with Crippen molar-refractivity contribution in [3.8, 4) is 0 Å². The number of rotatable bonds is 3. The van der Waals surface area contributed by atoms with Gasteiger partial charge in [0.1, 0.15) is 0 Å². The summed E-state index contributed by atoms with van der Waals surface area (Å²) in [7, 11) is 0. The van der Waals surface area contributed by atoms with Crippen LogP contribution in [0.25, 0.3) is 32.3 Å². The standard InChI is InChI=1S/3C11H8O2.C9H13.Ti/c3*12-11(13)10-7-3-5-8-4-1-2-6-9(8)10;1-6-5-7(2)9(4)8(6)3;/h3*1-7H,(H,12,13);6H,1-4H3;/q;;;-1;. The molecule has 7 rings (SSSR count). The number of benzene rings is 6. The number of carboxylic acid groups (broad SMARTS) is 3. The smallest absolute Gasteiger partial charge is 0.336 e. The van der Waals surface area contributed by atoms with Crippen LogP contribution in [0.3, 0.4) is 0 Å². The van der Waals surface area contributed by atoms with Crippen LogP contribution in [0.15, 0.2) is 144 Å². The van der Waals surface area contributed by atoms with Crippen molar-refractivity contribution < 1.29 is 51.4 Å². The Balaban J connectivity index is 0.000000177. The number of allylic oxidation sites excluding steroid dienone is 4. The number of aromatic carboxylic acids is 3. The molecule has 6 nitrogen and oxygen atoms in total. The van der Waals surface area contributed by atoms with Gasteiger partial charge in [-0.25, -0.2) is 20.0 Å². The minimum atomic E-state index is -0.878. The van der Waals surface area contributed by atoms with E-state index in [1.807, 2.05) is 91.0 Å². The summed E-state index contributed by atoms with van der Waals surface area (Å²) in [5.74, 6) is -2.07. The van der Waals surface area contributed by atoms with Crippen LogP contribution in [0.5, 0.6) is 0 Å². The van der Waals surface area contributed by atoms with Gasteiger partial charge in [-0.3, -0.25) is 6.08 Å². The van der Waals surface area contributed by atoms with E-state index in [9.17, 15) is 14.4 Å². The van der Waals surface area contributed by atoms with Gasteiger partial charge in [-0.05, 0) is 50.5 Å². The molecule has 0 amide bonds. The van der Waals surface area contributed by atoms with Crippen LogP contribution < -0.4 is 0 Å². The quantitative estimate of drug-likeness (QED) is 0.126. The predicted octanol–water partition coefficient (Wildman–Crippen LogP) is 10.3. The molecule has 6 aromatic rings. The molecule has 0 bridgehead atoms. The molecule has 0 spiro atoms. The van der Waals surface area contributed by atoms with E-state index in [-0.39, 0.29) is 21.7 Å². The Morgan fingerprint density at radius 1 is 0.490 bits per heavy atom. The SMILES string of the molecule is CC1=[C-]C(C)C(C)=C1C.O=C(O)c1cccc2ccccc12.O=C(O)c1cccc2ccccc12.O=C(O)c1cccc2ccccc12.[Ti]. The third-order valence-electron chi connectivity index (χ3n) is 8.30. The number of carboxylic acids is 3. The summed E-state index contributed by atoms with van der Waals surface area (Å²) >= 11 is 0. The second-order valence-electron chi connectivity index (χ2n) is 11.3. The summed E-state index contributed by atoms with van der Waals surface area (Å²) in [6, 6.07) is 38.2. The monoisotopic (exact) mass is 685 g/mol. The van der Waals surface area contributed by atoms with Gasteiger partial charge in [0, 0.05) is 21.7 Å². The van der Waals surface area contributed by atoms with Crippen molar-refractivity contribution in [2.45, 2.75) is 27.7 Å². The Morgan fingerprint density at radius 3 is 1.00 bits per heavy atom. The number of fused-ring (bicyclic) bond motifs is 3. The first-order valence-corrected chi connectivity index (χ1v) is 15.4. The number of carbonyl (C=O) groups is 3. The molecule has 7 heteroatoms. The molecule has 3 N–H and O–H groups in total. The van der Waals surface area contributed by atoms with Crippen molar-refractivity contribution in [1.82, 2.24) is 0 Å². The maximum absolute atomic E-state index is 10.8. The van der Waals surface area contributed by atoms with Gasteiger partial charge in [0.25, 0.3) is 0 Å². The van der Waals surface area contributed by atoms with Crippen LogP contribution in [0.4, 0.5) is 0 Å². The van der Waals surface area contributed by atoms with Gasteiger partial charge >= 0.3 is 17.9 Å². The van der Waals surface area contributed by atoms with Crippen molar-refractivity contribution in [1.29, 1.82) is 0 Å². The number of hydrogen-bond acceptors (Lipinski definition) is 3. The van der Waals surface area contributed by atoms with Crippen molar-refractivity contribution in [2.24, 2.45) is 5.92 Å². The van der Waals surface area contributed by atoms with E-state index >= 15 is 0 Å². The van der Waals surface area contributed by atoms with Crippen LogP contribution in [0.1, 0.15) is 58.8 Å². The first kappa shape index (κ1) is 38.2. The zero-order valence-electron chi connectivity index (χ0n) is 27.8. The van der Waals surface area contributed by atoms with Gasteiger partial charge in [-0.1, -0.05) is 136 Å². The van der Waals surface area contributed by atoms with Gasteiger partial charge < -0.3 is 15.3 Å². The first-order valence-electron chi connectivity index (χ1n) is 15.4. The van der Waals surface area contributed by atoms with Gasteiger partial charge in [0.05, 0.1) is 16.7 Å². The Hall–Kier alpha value is -5.30. The molecule has 6 aromatic carbocycles. The maximum atomic E-state index is 10.8. The molecule has 1 aliphatic rings. The summed E-state index contributed by atoms with van der Waals surface area (Å²) in [4.78, 5) is 32.4. The zero-order valence-corrected chi connectivity index (χ0v) is 29.3. The molecule has 49 heavy (non-hydrogen) atoms. The van der Waals surface area contributed by atoms with Crippen molar-refractivity contribution in [2.75, 3.05) is 0 Å². The molecule has 0 saturated carbocycles. The summed E-state index contributed by atoms with van der Waals surface area (Å²) < 4.78 is 0. The van der Waals surface area contributed by atoms with E-state index in [0.29, 0.717) is 22.6 Å². The van der Waals surface area contributed by atoms with Crippen molar-refractivity contribution in [3.05, 3.63) is 167 Å². The van der Waals surface area contributed by atoms with Crippen molar-refractivity contribution >= 4 is 50.2 Å². The summed E-state index contributed by atoms with van der Waals surface area (Å²) in [6.45, 7) is 8.67. The van der Waals surface area contributed by atoms with Crippen LogP contribution in [-0.4, -0.2) is 33.2 Å². The fourth-order valence-electron chi connectivity index (χ4n) is 5.40. The minimum absolute atomic E-state index is 0. The van der Waals surface area contributed by atoms with E-state index < -0.39 is 17.9 Å². The average molecular weight is 686 g/mol. The van der Waals surface area contributed by atoms with Crippen LogP contribution >= 0.6 is 0 Å². The predicted molar refractivity (Wildman–Crippen MR) is 193 cm³/mol. The Kier molecular flexibility index (Phi) is 13.8. The van der Waals surface area contributed by atoms with Gasteiger partial charge in [-0.2, -0.15) is 11.1 Å². The second-order valence-corrected chi connectivity index (χ2v) is 11.3. The molecule has 0 saturated heterocycles. The Morgan fingerprint density at radius 2 is 0.776 bits per heavy atom. The number of hydrogen-bond donors (Lipinski definition) is 3. The zero-order chi connectivity index (χ0) is 34.8. The Bertz CT molecular complexity index is 1950. The van der Waals surface area contributed by atoms with Gasteiger partial charge in [0.15, 0.2) is 0 Å². The molecule has 0 radical (unpaired) electrons. The molecule has 0 fully saturated rings. The maximum Gasteiger partial charge on any atom is 0.336 e. The minimum Gasteiger partial charge on any atom is -0.478 e. The normalized spacial score (nSPS) is 13.1. The molecule has 0 aliphatic heterocycles. The van der Waals surface area contributed by atoms with E-state index in [4.69, 9.17) is 15.3 Å². The average Bonchev–Trinajstić information content (AvgIpc) is 3.32. The topological polar surface area (TPSA) is 112 Å². The molecular weight excluding hydrogens is 648 g/mol. The summed E-state index contributed by atoms with van der Waals surface area (Å²) in [6.07, 6.45) is 3.36. The molecule has 0 heterocycles. The molecule has 1 unspecified atom stereocenters. The van der Waals surface area contributed by atoms with Crippen molar-refractivity contribution in [3.63, 3.8) is 0 Å². The molecule has 1 atom stereocenters. The largest absolute Gasteiger partial charge is 0.478 e. The fraction of sp³-hybridized carbons (Fsp3) is 0.119. The van der Waals surface area contributed by atoms with E-state index in [0.717, 1.165) is 32.3 Å². The van der Waals surface area contributed by atoms with Crippen LogP contribution in [-0.2, 0) is 21.7 Å². The molecular formula is C42H37O6Ti-. The fourth-order valence-corrected chi connectivity index (χ4v) is 5.40. The van der Waals surface area contributed by atoms with Gasteiger partial charge in [-0.15, -0.1) is 6.92 Å².